The van der Waals surface area contributed by atoms with Gasteiger partial charge in [-0.25, -0.2) is 0 Å². The Morgan fingerprint density at radius 3 is 2.61 bits per heavy atom. The highest BCUT2D eigenvalue weighted by molar-refractivity contribution is 8.93. The van der Waals surface area contributed by atoms with E-state index in [9.17, 15) is 4.79 Å². The van der Waals surface area contributed by atoms with Crippen molar-refractivity contribution in [2.45, 2.75) is 20.4 Å². The van der Waals surface area contributed by atoms with Crippen LogP contribution in [0.25, 0.3) is 0 Å². The van der Waals surface area contributed by atoms with E-state index in [4.69, 9.17) is 0 Å². The van der Waals surface area contributed by atoms with Crippen LogP contribution in [0.15, 0.2) is 29.9 Å². The molecule has 0 N–H and O–H groups in total. The lowest BCUT2D eigenvalue weighted by Crippen LogP contribution is -3.00. The zero-order valence-corrected chi connectivity index (χ0v) is 14.2. The fourth-order valence-corrected chi connectivity index (χ4v) is 2.23. The van der Waals surface area contributed by atoms with Crippen molar-refractivity contribution < 1.29 is 26.3 Å². The number of carbonyl (C=O) groups is 1. The zero-order valence-electron chi connectivity index (χ0n) is 10.1. The van der Waals surface area contributed by atoms with E-state index < -0.39 is 0 Å². The molecule has 0 aromatic carbocycles. The summed E-state index contributed by atoms with van der Waals surface area (Å²) < 4.78 is 1.97. The van der Waals surface area contributed by atoms with Gasteiger partial charge in [-0.05, 0) is 19.1 Å². The molecule has 0 aliphatic rings. The van der Waals surface area contributed by atoms with Crippen LogP contribution in [0.2, 0.25) is 0 Å². The number of ketones is 1. The molecular weight excluding hydrogens is 380 g/mol. The lowest BCUT2D eigenvalue weighted by molar-refractivity contribution is -0.684. The van der Waals surface area contributed by atoms with Gasteiger partial charge in [-0.1, -0.05) is 17.4 Å². The first kappa shape index (κ1) is 17.4. The van der Waals surface area contributed by atoms with E-state index in [2.05, 4.69) is 11.9 Å². The van der Waals surface area contributed by atoms with Crippen LogP contribution in [0.3, 0.4) is 0 Å². The summed E-state index contributed by atoms with van der Waals surface area (Å²) in [6.07, 6.45) is 1.64. The monoisotopic (exact) mass is 392 g/mol. The standard InChI is InChI=1S/C12H13N2OS.2BrH/c1-9-10(2)16-8-14(9)7-12(15)11-5-3-4-6-13-11;;/h3-6,8H,7H2,1-2H3;2*1H/q+1;;/p-1. The van der Waals surface area contributed by atoms with Gasteiger partial charge in [0.1, 0.15) is 5.69 Å². The molecule has 0 atom stereocenters. The Morgan fingerprint density at radius 1 is 1.39 bits per heavy atom. The van der Waals surface area contributed by atoms with Gasteiger partial charge in [0.05, 0.1) is 4.88 Å². The molecule has 0 saturated carbocycles. The summed E-state index contributed by atoms with van der Waals surface area (Å²) in [5, 5.41) is 0. The Morgan fingerprint density at radius 2 is 2.11 bits per heavy atom. The molecule has 2 aromatic rings. The molecule has 3 nitrogen and oxygen atoms in total. The van der Waals surface area contributed by atoms with Gasteiger partial charge in [-0.3, -0.25) is 9.78 Å². The van der Waals surface area contributed by atoms with Crippen LogP contribution in [-0.4, -0.2) is 10.8 Å². The quantitative estimate of drug-likeness (QED) is 0.521. The van der Waals surface area contributed by atoms with E-state index in [1.54, 1.807) is 23.6 Å². The van der Waals surface area contributed by atoms with Crippen molar-refractivity contribution in [3.8, 4) is 0 Å². The molecule has 0 radical (unpaired) electrons. The normalized spacial score (nSPS) is 9.22. The van der Waals surface area contributed by atoms with Crippen LogP contribution in [0.5, 0.6) is 0 Å². The van der Waals surface area contributed by atoms with Crippen molar-refractivity contribution >= 4 is 34.1 Å². The van der Waals surface area contributed by atoms with Crippen LogP contribution >= 0.6 is 28.3 Å². The topological polar surface area (TPSA) is 33.8 Å². The number of thiazole rings is 1. The van der Waals surface area contributed by atoms with Gasteiger partial charge in [0.2, 0.25) is 17.8 Å². The first-order valence-electron chi connectivity index (χ1n) is 5.07. The van der Waals surface area contributed by atoms with E-state index in [1.165, 1.54) is 4.88 Å². The van der Waals surface area contributed by atoms with E-state index in [-0.39, 0.29) is 39.7 Å². The first-order chi connectivity index (χ1) is 7.68. The largest absolute Gasteiger partial charge is 1.00 e. The number of halogens is 2. The number of nitrogens with zero attached hydrogens (tertiary/aromatic N) is 2. The first-order valence-corrected chi connectivity index (χ1v) is 5.95. The molecule has 6 heteroatoms. The third kappa shape index (κ3) is 3.96. The maximum Gasteiger partial charge on any atom is 0.245 e. The summed E-state index contributed by atoms with van der Waals surface area (Å²) in [5.74, 6) is 0.0477. The Balaban J connectivity index is 0.00000144. The molecule has 2 rings (SSSR count). The van der Waals surface area contributed by atoms with Crippen molar-refractivity contribution in [2.24, 2.45) is 0 Å². The molecule has 0 unspecified atom stereocenters. The average Bonchev–Trinajstić information content (AvgIpc) is 2.62. The highest BCUT2D eigenvalue weighted by Crippen LogP contribution is 2.08. The Labute approximate surface area is 131 Å². The fraction of sp³-hybridized carbons (Fsp3) is 0.250. The van der Waals surface area contributed by atoms with Gasteiger partial charge in [-0.15, -0.1) is 17.0 Å². The second-order valence-electron chi connectivity index (χ2n) is 3.63. The molecule has 2 aromatic heterocycles. The minimum absolute atomic E-state index is 0. The minimum atomic E-state index is 0. The Bertz CT molecular complexity index is 514. The second kappa shape index (κ2) is 7.76. The zero-order chi connectivity index (χ0) is 11.5. The van der Waals surface area contributed by atoms with E-state index in [0.717, 1.165) is 5.69 Å². The van der Waals surface area contributed by atoms with Crippen LogP contribution in [0.4, 0.5) is 0 Å². The lowest BCUT2D eigenvalue weighted by atomic mass is 10.2. The summed E-state index contributed by atoms with van der Waals surface area (Å²) in [6.45, 7) is 4.45. The number of aromatic nitrogens is 2. The number of rotatable bonds is 3. The van der Waals surface area contributed by atoms with Gasteiger partial charge in [-0.2, -0.15) is 4.57 Å². The van der Waals surface area contributed by atoms with Crippen LogP contribution in [0.1, 0.15) is 21.1 Å². The fourth-order valence-electron chi connectivity index (χ4n) is 1.43. The highest BCUT2D eigenvalue weighted by Gasteiger charge is 2.17. The SMILES string of the molecule is Br.Cc1sc[n+](CC(=O)c2ccccn2)c1C.[Br-]. The van der Waals surface area contributed by atoms with Crippen molar-refractivity contribution in [1.29, 1.82) is 0 Å². The predicted octanol–water partition coefficient (Wildman–Crippen LogP) is -0.488. The Kier molecular flexibility index (Phi) is 7.51. The number of hydrogen-bond donors (Lipinski definition) is 0. The number of pyridine rings is 1. The maximum atomic E-state index is 11.9. The lowest BCUT2D eigenvalue weighted by Gasteiger charge is -1.96. The minimum Gasteiger partial charge on any atom is -1.00 e. The Hall–Kier alpha value is -0.590. The van der Waals surface area contributed by atoms with Crippen molar-refractivity contribution in [1.82, 2.24) is 4.98 Å². The van der Waals surface area contributed by atoms with Crippen molar-refractivity contribution in [2.75, 3.05) is 0 Å². The molecule has 0 saturated heterocycles. The van der Waals surface area contributed by atoms with Crippen LogP contribution in [0, 0.1) is 13.8 Å². The summed E-state index contributed by atoms with van der Waals surface area (Å²) in [4.78, 5) is 17.2. The maximum absolute atomic E-state index is 11.9. The van der Waals surface area contributed by atoms with Gasteiger partial charge >= 0.3 is 0 Å². The summed E-state index contributed by atoms with van der Waals surface area (Å²) in [5.41, 5.74) is 3.65. The number of carbonyl (C=O) groups excluding carboxylic acids is 1. The number of hydrogen-bond acceptors (Lipinski definition) is 3. The molecule has 0 amide bonds. The molecular formula is C12H14Br2N2OS. The second-order valence-corrected chi connectivity index (χ2v) is 4.69. The van der Waals surface area contributed by atoms with Gasteiger partial charge in [0, 0.05) is 13.1 Å². The third-order valence-electron chi connectivity index (χ3n) is 2.56. The summed E-state index contributed by atoms with van der Waals surface area (Å²) in [7, 11) is 0. The number of Topliss-reactive ketones (excluding diaryl/α,β-unsaturated/α-hetero) is 1. The molecule has 0 bridgehead atoms. The molecule has 0 aliphatic heterocycles. The molecule has 18 heavy (non-hydrogen) atoms. The number of aryl methyl sites for hydroxylation is 1. The van der Waals surface area contributed by atoms with E-state index >= 15 is 0 Å². The van der Waals surface area contributed by atoms with Gasteiger partial charge in [0.25, 0.3) is 0 Å². The molecule has 0 aliphatic carbocycles. The molecule has 0 spiro atoms. The van der Waals surface area contributed by atoms with Gasteiger partial charge in [0.15, 0.2) is 5.69 Å². The van der Waals surface area contributed by atoms with Gasteiger partial charge < -0.3 is 17.0 Å². The molecule has 98 valence electrons. The molecule has 0 fully saturated rings. The van der Waals surface area contributed by atoms with Crippen LogP contribution in [-0.2, 0) is 6.54 Å². The third-order valence-corrected chi connectivity index (χ3v) is 3.57. The molecule has 2 heterocycles. The summed E-state index contributed by atoms with van der Waals surface area (Å²) in [6, 6.07) is 5.39. The van der Waals surface area contributed by atoms with E-state index in [1.807, 2.05) is 29.1 Å². The van der Waals surface area contributed by atoms with Crippen molar-refractivity contribution in [3.63, 3.8) is 0 Å². The summed E-state index contributed by atoms with van der Waals surface area (Å²) >= 11 is 1.66. The van der Waals surface area contributed by atoms with Crippen LogP contribution < -0.4 is 21.5 Å². The highest BCUT2D eigenvalue weighted by atomic mass is 79.9. The van der Waals surface area contributed by atoms with E-state index in [0.29, 0.717) is 12.2 Å². The predicted molar refractivity (Wildman–Crippen MR) is 72.9 cm³/mol. The smallest absolute Gasteiger partial charge is 0.245 e. The van der Waals surface area contributed by atoms with Crippen molar-refractivity contribution in [3.05, 3.63) is 46.2 Å². The average molecular weight is 394 g/mol.